The molecule has 1 aliphatic heterocycles. The Kier molecular flexibility index (Phi) is 4.89. The number of fused-ring (bicyclic) bond motifs is 3. The molecule has 0 amide bonds. The maximum absolute atomic E-state index is 13.3. The van der Waals surface area contributed by atoms with Crippen LogP contribution in [0.5, 0.6) is 5.75 Å². The van der Waals surface area contributed by atoms with Crippen molar-refractivity contribution in [2.75, 3.05) is 18.6 Å². The van der Waals surface area contributed by atoms with Gasteiger partial charge < -0.3 is 14.2 Å². The number of hydrogen-bond donors (Lipinski definition) is 0. The molecule has 0 fully saturated rings. The van der Waals surface area contributed by atoms with Gasteiger partial charge in [0, 0.05) is 26.7 Å². The van der Waals surface area contributed by atoms with Crippen LogP contribution in [0.25, 0.3) is 17.2 Å². The van der Waals surface area contributed by atoms with Crippen LogP contribution in [-0.4, -0.2) is 32.3 Å². The lowest BCUT2D eigenvalue weighted by Gasteiger charge is -2.18. The number of nitrogens with zero attached hydrogens (tertiary/aromatic N) is 5. The molecule has 0 saturated carbocycles. The fourth-order valence-corrected chi connectivity index (χ4v) is 4.18. The Labute approximate surface area is 184 Å². The van der Waals surface area contributed by atoms with E-state index in [2.05, 4.69) is 4.98 Å². The number of imidazole rings is 1. The van der Waals surface area contributed by atoms with Gasteiger partial charge in [0.15, 0.2) is 11.2 Å². The molecule has 5 rings (SSSR count). The van der Waals surface area contributed by atoms with Crippen LogP contribution in [-0.2, 0) is 20.1 Å². The summed E-state index contributed by atoms with van der Waals surface area (Å²) in [4.78, 5) is 33.0. The second kappa shape index (κ2) is 7.88. The maximum Gasteiger partial charge on any atom is 0.332 e. The molecule has 32 heavy (non-hydrogen) atoms. The van der Waals surface area contributed by atoms with Crippen molar-refractivity contribution in [2.24, 2.45) is 7.05 Å². The Hall–Kier alpha value is -4.07. The lowest BCUT2D eigenvalue weighted by Crippen LogP contribution is -2.39. The quantitative estimate of drug-likeness (QED) is 0.488. The first-order valence-corrected chi connectivity index (χ1v) is 10.4. The van der Waals surface area contributed by atoms with Gasteiger partial charge in [0.2, 0.25) is 5.95 Å². The highest BCUT2D eigenvalue weighted by molar-refractivity contribution is 5.79. The molecule has 8 nitrogen and oxygen atoms in total. The molecular formula is C24H23N5O3. The van der Waals surface area contributed by atoms with E-state index in [9.17, 15) is 9.59 Å². The zero-order chi connectivity index (χ0) is 22.2. The average Bonchev–Trinajstić information content (AvgIpc) is 3.40. The van der Waals surface area contributed by atoms with Gasteiger partial charge in [-0.25, -0.2) is 4.79 Å². The van der Waals surface area contributed by atoms with Crippen molar-refractivity contribution in [1.29, 1.82) is 0 Å². The molecule has 0 spiro atoms. The van der Waals surface area contributed by atoms with Gasteiger partial charge in [-0.15, -0.1) is 0 Å². The number of aryl methyl sites for hydroxylation is 1. The van der Waals surface area contributed by atoms with Crippen molar-refractivity contribution in [1.82, 2.24) is 18.7 Å². The van der Waals surface area contributed by atoms with Crippen molar-refractivity contribution in [3.63, 3.8) is 0 Å². The van der Waals surface area contributed by atoms with Gasteiger partial charge in [0.05, 0.1) is 12.8 Å². The first kappa shape index (κ1) is 19.9. The normalized spacial score (nSPS) is 13.2. The summed E-state index contributed by atoms with van der Waals surface area (Å²) < 4.78 is 10.1. The van der Waals surface area contributed by atoms with Crippen LogP contribution >= 0.6 is 0 Å². The van der Waals surface area contributed by atoms with E-state index in [4.69, 9.17) is 4.74 Å². The van der Waals surface area contributed by atoms with Crippen molar-refractivity contribution < 1.29 is 4.74 Å². The van der Waals surface area contributed by atoms with E-state index in [0.29, 0.717) is 30.2 Å². The van der Waals surface area contributed by atoms with Crippen molar-refractivity contribution in [2.45, 2.75) is 13.1 Å². The SMILES string of the molecule is COc1ccccc1N1CCn2c1nc1c2c(=O)n(C/C=C/c2ccccc2)c(=O)n1C. The number of anilines is 2. The smallest absolute Gasteiger partial charge is 0.332 e. The van der Waals surface area contributed by atoms with Gasteiger partial charge >= 0.3 is 5.69 Å². The molecular weight excluding hydrogens is 406 g/mol. The second-order valence-corrected chi connectivity index (χ2v) is 7.63. The first-order chi connectivity index (χ1) is 15.6. The predicted molar refractivity (Wildman–Crippen MR) is 125 cm³/mol. The number of para-hydroxylation sites is 2. The minimum absolute atomic E-state index is 0.188. The van der Waals surface area contributed by atoms with E-state index in [0.717, 1.165) is 17.0 Å². The van der Waals surface area contributed by atoms with Crippen LogP contribution in [0.2, 0.25) is 0 Å². The number of allylic oxidation sites excluding steroid dienone is 1. The van der Waals surface area contributed by atoms with Crippen LogP contribution in [0.3, 0.4) is 0 Å². The van der Waals surface area contributed by atoms with Crippen LogP contribution in [0.15, 0.2) is 70.3 Å². The highest BCUT2D eigenvalue weighted by Crippen LogP contribution is 2.36. The highest BCUT2D eigenvalue weighted by Gasteiger charge is 2.29. The minimum Gasteiger partial charge on any atom is -0.495 e. The Morgan fingerprint density at radius 3 is 2.56 bits per heavy atom. The number of rotatable bonds is 5. The van der Waals surface area contributed by atoms with Gasteiger partial charge in [0.25, 0.3) is 5.56 Å². The van der Waals surface area contributed by atoms with Gasteiger partial charge in [0.1, 0.15) is 5.75 Å². The monoisotopic (exact) mass is 429 g/mol. The van der Waals surface area contributed by atoms with Gasteiger partial charge in [-0.2, -0.15) is 4.98 Å². The summed E-state index contributed by atoms with van der Waals surface area (Å²) in [6.45, 7) is 1.44. The molecule has 4 aromatic rings. The first-order valence-electron chi connectivity index (χ1n) is 10.4. The predicted octanol–water partition coefficient (Wildman–Crippen LogP) is 2.77. The van der Waals surface area contributed by atoms with Gasteiger partial charge in [-0.3, -0.25) is 13.9 Å². The zero-order valence-corrected chi connectivity index (χ0v) is 17.9. The van der Waals surface area contributed by atoms with E-state index in [1.807, 2.05) is 76.2 Å². The second-order valence-electron chi connectivity index (χ2n) is 7.63. The summed E-state index contributed by atoms with van der Waals surface area (Å²) in [7, 11) is 3.28. The topological polar surface area (TPSA) is 74.3 Å². The number of hydrogen-bond acceptors (Lipinski definition) is 5. The standard InChI is InChI=1S/C24H23N5O3/c1-26-21-20(22(30)29(24(26)31)14-8-11-17-9-4-3-5-10-17)28-16-15-27(23(28)25-21)18-12-6-7-13-19(18)32-2/h3-13H,14-16H2,1-2H3/b11-8+. The lowest BCUT2D eigenvalue weighted by atomic mass is 10.2. The van der Waals surface area contributed by atoms with E-state index >= 15 is 0 Å². The fourth-order valence-electron chi connectivity index (χ4n) is 4.18. The number of methoxy groups -OCH3 is 1. The summed E-state index contributed by atoms with van der Waals surface area (Å²) in [5, 5.41) is 0. The van der Waals surface area contributed by atoms with Crippen molar-refractivity contribution >= 4 is 28.9 Å². The molecule has 8 heteroatoms. The summed E-state index contributed by atoms with van der Waals surface area (Å²) in [6, 6.07) is 17.5. The Morgan fingerprint density at radius 1 is 1.03 bits per heavy atom. The van der Waals surface area contributed by atoms with Crippen molar-refractivity contribution in [3.05, 3.63) is 87.1 Å². The van der Waals surface area contributed by atoms with Crippen LogP contribution in [0.1, 0.15) is 5.56 Å². The van der Waals surface area contributed by atoms with E-state index in [1.165, 1.54) is 9.13 Å². The third kappa shape index (κ3) is 3.11. The summed E-state index contributed by atoms with van der Waals surface area (Å²) >= 11 is 0. The molecule has 2 aromatic heterocycles. The summed E-state index contributed by atoms with van der Waals surface area (Å²) in [6.07, 6.45) is 3.73. The third-order valence-corrected chi connectivity index (χ3v) is 5.77. The Bertz CT molecular complexity index is 1450. The van der Waals surface area contributed by atoms with Crippen LogP contribution in [0.4, 0.5) is 11.6 Å². The van der Waals surface area contributed by atoms with E-state index in [1.54, 1.807) is 14.2 Å². The molecule has 0 N–H and O–H groups in total. The summed E-state index contributed by atoms with van der Waals surface area (Å²) in [5.74, 6) is 1.36. The van der Waals surface area contributed by atoms with Crippen LogP contribution in [0, 0.1) is 0 Å². The largest absolute Gasteiger partial charge is 0.495 e. The van der Waals surface area contributed by atoms with E-state index in [-0.39, 0.29) is 17.8 Å². The fraction of sp³-hybridized carbons (Fsp3) is 0.208. The Morgan fingerprint density at radius 2 is 1.78 bits per heavy atom. The number of aromatic nitrogens is 4. The molecule has 1 aliphatic rings. The van der Waals surface area contributed by atoms with E-state index < -0.39 is 0 Å². The number of ether oxygens (including phenoxy) is 1. The third-order valence-electron chi connectivity index (χ3n) is 5.77. The lowest BCUT2D eigenvalue weighted by molar-refractivity contribution is 0.415. The zero-order valence-electron chi connectivity index (χ0n) is 17.9. The highest BCUT2D eigenvalue weighted by atomic mass is 16.5. The molecule has 0 atom stereocenters. The molecule has 0 unspecified atom stereocenters. The van der Waals surface area contributed by atoms with Crippen LogP contribution < -0.4 is 20.9 Å². The molecule has 0 radical (unpaired) electrons. The molecule has 162 valence electrons. The molecule has 0 bridgehead atoms. The molecule has 0 aliphatic carbocycles. The van der Waals surface area contributed by atoms with Crippen molar-refractivity contribution in [3.8, 4) is 5.75 Å². The maximum atomic E-state index is 13.3. The summed E-state index contributed by atoms with van der Waals surface area (Å²) in [5.41, 5.74) is 1.99. The van der Waals surface area contributed by atoms with Gasteiger partial charge in [-0.05, 0) is 17.7 Å². The Balaban J connectivity index is 1.60. The molecule has 2 aromatic carbocycles. The molecule has 0 saturated heterocycles. The minimum atomic E-state index is -0.388. The van der Waals surface area contributed by atoms with Gasteiger partial charge in [-0.1, -0.05) is 54.6 Å². The number of benzene rings is 2. The average molecular weight is 429 g/mol. The molecule has 3 heterocycles.